The molecule has 1 saturated carbocycles. The summed E-state index contributed by atoms with van der Waals surface area (Å²) in [5.74, 6) is 1.50. The maximum absolute atomic E-state index is 13.1. The van der Waals surface area contributed by atoms with E-state index in [1.54, 1.807) is 6.92 Å². The molecule has 2 atom stereocenters. The third-order valence-corrected chi connectivity index (χ3v) is 5.00. The van der Waals surface area contributed by atoms with E-state index in [1.807, 2.05) is 25.3 Å². The van der Waals surface area contributed by atoms with Crippen molar-refractivity contribution in [2.45, 2.75) is 32.7 Å². The summed E-state index contributed by atoms with van der Waals surface area (Å²) in [6, 6.07) is 6.65. The van der Waals surface area contributed by atoms with Gasteiger partial charge in [-0.1, -0.05) is 6.07 Å². The van der Waals surface area contributed by atoms with Gasteiger partial charge in [-0.15, -0.1) is 0 Å². The van der Waals surface area contributed by atoms with Crippen molar-refractivity contribution in [3.05, 3.63) is 70.3 Å². The number of alkyl halides is 2. The van der Waals surface area contributed by atoms with Gasteiger partial charge in [0.05, 0.1) is 12.2 Å². The molecule has 4 rings (SSSR count). The molecule has 150 valence electrons. The number of aromatic nitrogens is 4. The van der Waals surface area contributed by atoms with Crippen molar-refractivity contribution < 1.29 is 13.5 Å². The number of hydrogen-bond donors (Lipinski definition) is 0. The minimum atomic E-state index is -2.92. The summed E-state index contributed by atoms with van der Waals surface area (Å²) in [4.78, 5) is 24.6. The van der Waals surface area contributed by atoms with Crippen LogP contribution in [-0.4, -0.2) is 26.1 Å². The Hall–Kier alpha value is -3.16. The van der Waals surface area contributed by atoms with Gasteiger partial charge in [-0.05, 0) is 38.0 Å². The smallest absolute Gasteiger partial charge is 0.321 e. The number of nitrogens with zero attached hydrogens (tertiary/aromatic N) is 4. The lowest BCUT2D eigenvalue weighted by Gasteiger charge is -2.12. The Kier molecular flexibility index (Phi) is 5.08. The van der Waals surface area contributed by atoms with Gasteiger partial charge in [0.1, 0.15) is 5.82 Å². The predicted molar refractivity (Wildman–Crippen MR) is 103 cm³/mol. The molecule has 1 aliphatic rings. The molecule has 0 N–H and O–H groups in total. The van der Waals surface area contributed by atoms with Crippen molar-refractivity contribution in [1.82, 2.24) is 19.5 Å². The highest BCUT2D eigenvalue weighted by atomic mass is 19.3. The summed E-state index contributed by atoms with van der Waals surface area (Å²) in [6.07, 6.45) is 5.46. The first-order valence-corrected chi connectivity index (χ1v) is 9.32. The quantitative estimate of drug-likeness (QED) is 0.630. The number of halogens is 2. The van der Waals surface area contributed by atoms with Gasteiger partial charge in [-0.3, -0.25) is 14.3 Å². The van der Waals surface area contributed by atoms with Crippen LogP contribution >= 0.6 is 0 Å². The molecule has 3 aromatic rings. The van der Waals surface area contributed by atoms with Crippen LogP contribution in [0.3, 0.4) is 0 Å². The van der Waals surface area contributed by atoms with Gasteiger partial charge in [0.2, 0.25) is 5.88 Å². The first-order valence-electron chi connectivity index (χ1n) is 9.32. The average molecular weight is 398 g/mol. The van der Waals surface area contributed by atoms with E-state index >= 15 is 0 Å². The average Bonchev–Trinajstić information content (AvgIpc) is 3.47. The molecule has 29 heavy (non-hydrogen) atoms. The first-order chi connectivity index (χ1) is 13.9. The maximum Gasteiger partial charge on any atom is 0.321 e. The van der Waals surface area contributed by atoms with Crippen LogP contribution in [0.1, 0.15) is 36.0 Å². The molecular formula is C21H20F2N4O2. The summed E-state index contributed by atoms with van der Waals surface area (Å²) in [6.45, 7) is 1.25. The SMILES string of the molecule is Cc1ccc([C@H]2CC2COc2nc(C)ncc2-c2ccc(=O)n(C(F)F)c2)nc1. The number of ether oxygens (including phenoxy) is 1. The van der Waals surface area contributed by atoms with Crippen LogP contribution in [0.25, 0.3) is 11.1 Å². The largest absolute Gasteiger partial charge is 0.477 e. The molecule has 0 radical (unpaired) electrons. The van der Waals surface area contributed by atoms with Crippen LogP contribution < -0.4 is 10.3 Å². The standard InChI is InChI=1S/C21H20F2N4O2/c1-12-3-5-18(25-8-12)16-7-15(16)11-29-20-17(9-24-13(2)26-20)14-4-6-19(28)27(10-14)21(22)23/h3-6,8-10,15-16,21H,7,11H2,1-2H3/t15?,16-/m0/s1. The first kappa shape index (κ1) is 19.2. The van der Waals surface area contributed by atoms with E-state index in [2.05, 4.69) is 15.0 Å². The third kappa shape index (κ3) is 4.16. The summed E-state index contributed by atoms with van der Waals surface area (Å²) in [5, 5.41) is 0. The molecule has 0 spiro atoms. The summed E-state index contributed by atoms with van der Waals surface area (Å²) in [5.41, 5.74) is 2.26. The maximum atomic E-state index is 13.1. The molecule has 0 aliphatic heterocycles. The lowest BCUT2D eigenvalue weighted by atomic mass is 10.1. The number of rotatable bonds is 6. The van der Waals surface area contributed by atoms with Crippen LogP contribution in [-0.2, 0) is 0 Å². The highest BCUT2D eigenvalue weighted by molar-refractivity contribution is 5.66. The molecule has 3 heterocycles. The molecule has 3 aromatic heterocycles. The fourth-order valence-electron chi connectivity index (χ4n) is 3.25. The number of aryl methyl sites for hydroxylation is 2. The van der Waals surface area contributed by atoms with Gasteiger partial charge in [0.25, 0.3) is 5.56 Å². The highest BCUT2D eigenvalue weighted by Gasteiger charge is 2.40. The molecule has 0 amide bonds. The van der Waals surface area contributed by atoms with Gasteiger partial charge in [0.15, 0.2) is 0 Å². The van der Waals surface area contributed by atoms with Crippen LogP contribution in [0.4, 0.5) is 8.78 Å². The predicted octanol–water partition coefficient (Wildman–Crippen LogP) is 3.89. The molecule has 8 heteroatoms. The normalized spacial score (nSPS) is 18.1. The fraction of sp³-hybridized carbons (Fsp3) is 0.333. The molecule has 1 fully saturated rings. The lowest BCUT2D eigenvalue weighted by Crippen LogP contribution is -2.19. The monoisotopic (exact) mass is 398 g/mol. The molecule has 0 saturated heterocycles. The highest BCUT2D eigenvalue weighted by Crippen LogP contribution is 2.47. The van der Waals surface area contributed by atoms with E-state index in [0.29, 0.717) is 45.8 Å². The van der Waals surface area contributed by atoms with E-state index in [1.165, 1.54) is 12.3 Å². The Morgan fingerprint density at radius 3 is 2.72 bits per heavy atom. The minimum Gasteiger partial charge on any atom is -0.477 e. The van der Waals surface area contributed by atoms with Crippen LogP contribution in [0, 0.1) is 19.8 Å². The van der Waals surface area contributed by atoms with E-state index < -0.39 is 12.1 Å². The Morgan fingerprint density at radius 1 is 1.17 bits per heavy atom. The van der Waals surface area contributed by atoms with Gasteiger partial charge < -0.3 is 4.74 Å². The summed E-state index contributed by atoms with van der Waals surface area (Å²) < 4.78 is 32.5. The summed E-state index contributed by atoms with van der Waals surface area (Å²) in [7, 11) is 0. The van der Waals surface area contributed by atoms with Gasteiger partial charge in [-0.2, -0.15) is 13.8 Å². The fourth-order valence-corrected chi connectivity index (χ4v) is 3.25. The summed E-state index contributed by atoms with van der Waals surface area (Å²) >= 11 is 0. The minimum absolute atomic E-state index is 0.319. The van der Waals surface area contributed by atoms with Crippen molar-refractivity contribution in [2.75, 3.05) is 6.61 Å². The zero-order valence-electron chi connectivity index (χ0n) is 16.0. The number of pyridine rings is 2. The topological polar surface area (TPSA) is 69.9 Å². The van der Waals surface area contributed by atoms with Crippen molar-refractivity contribution in [3.8, 4) is 17.0 Å². The second kappa shape index (κ2) is 7.69. The molecule has 6 nitrogen and oxygen atoms in total. The Bertz CT molecular complexity index is 1080. The molecule has 0 aromatic carbocycles. The van der Waals surface area contributed by atoms with Crippen molar-refractivity contribution >= 4 is 0 Å². The zero-order valence-corrected chi connectivity index (χ0v) is 16.0. The van der Waals surface area contributed by atoms with Crippen LogP contribution in [0.15, 0.2) is 47.7 Å². The van der Waals surface area contributed by atoms with Crippen molar-refractivity contribution in [1.29, 1.82) is 0 Å². The Morgan fingerprint density at radius 2 is 2.00 bits per heavy atom. The van der Waals surface area contributed by atoms with E-state index in [4.69, 9.17) is 4.74 Å². The zero-order chi connectivity index (χ0) is 20.5. The van der Waals surface area contributed by atoms with Crippen molar-refractivity contribution in [3.63, 3.8) is 0 Å². The van der Waals surface area contributed by atoms with Gasteiger partial charge in [0, 0.05) is 47.8 Å². The van der Waals surface area contributed by atoms with E-state index in [-0.39, 0.29) is 0 Å². The third-order valence-electron chi connectivity index (χ3n) is 5.00. The number of hydrogen-bond acceptors (Lipinski definition) is 5. The van der Waals surface area contributed by atoms with E-state index in [0.717, 1.165) is 29.9 Å². The Labute approximate surface area is 166 Å². The van der Waals surface area contributed by atoms with Crippen molar-refractivity contribution in [2.24, 2.45) is 5.92 Å². The Balaban J connectivity index is 1.53. The molecular weight excluding hydrogens is 378 g/mol. The van der Waals surface area contributed by atoms with Gasteiger partial charge in [-0.25, -0.2) is 4.98 Å². The molecule has 1 aliphatic carbocycles. The lowest BCUT2D eigenvalue weighted by molar-refractivity contribution is 0.0665. The molecule has 1 unspecified atom stereocenters. The van der Waals surface area contributed by atoms with Crippen LogP contribution in [0.5, 0.6) is 5.88 Å². The molecule has 0 bridgehead atoms. The second-order valence-corrected chi connectivity index (χ2v) is 7.25. The second-order valence-electron chi connectivity index (χ2n) is 7.25. The van der Waals surface area contributed by atoms with Gasteiger partial charge >= 0.3 is 6.55 Å². The van der Waals surface area contributed by atoms with E-state index in [9.17, 15) is 13.6 Å². The van der Waals surface area contributed by atoms with Crippen LogP contribution in [0.2, 0.25) is 0 Å².